The van der Waals surface area contributed by atoms with Gasteiger partial charge in [0.15, 0.2) is 0 Å². The first-order valence-electron chi connectivity index (χ1n) is 8.83. The first-order valence-corrected chi connectivity index (χ1v) is 8.83. The number of hydrogen-bond donors (Lipinski definition) is 1. The van der Waals surface area contributed by atoms with Crippen molar-refractivity contribution in [3.63, 3.8) is 0 Å². The van der Waals surface area contributed by atoms with Crippen LogP contribution in [-0.2, 0) is 11.3 Å². The standard InChI is InChI=1S/C18H22N6O/c25-17(8-10-23-12-20-21-13-23)22-15-3-5-16(6-4-15)24-11-7-14-2-1-9-19-18(14)24/h1-2,7,9,11-13,15-16H,3-6,8,10H2,(H,22,25). The maximum atomic E-state index is 12.1. The fourth-order valence-corrected chi connectivity index (χ4v) is 3.65. The van der Waals surface area contributed by atoms with E-state index in [1.54, 1.807) is 12.7 Å². The Morgan fingerprint density at radius 2 is 1.96 bits per heavy atom. The molecule has 0 aliphatic heterocycles. The van der Waals surface area contributed by atoms with Crippen molar-refractivity contribution in [2.24, 2.45) is 0 Å². The molecule has 4 rings (SSSR count). The molecular formula is C18H22N6O. The van der Waals surface area contributed by atoms with Crippen LogP contribution < -0.4 is 5.32 Å². The number of aryl methyl sites for hydroxylation is 1. The molecule has 0 unspecified atom stereocenters. The number of nitrogens with zero attached hydrogens (tertiary/aromatic N) is 5. The number of rotatable bonds is 5. The van der Waals surface area contributed by atoms with Crippen molar-refractivity contribution in [1.29, 1.82) is 0 Å². The van der Waals surface area contributed by atoms with E-state index in [4.69, 9.17) is 0 Å². The van der Waals surface area contributed by atoms with Crippen molar-refractivity contribution in [3.05, 3.63) is 43.2 Å². The number of carbonyl (C=O) groups is 1. The van der Waals surface area contributed by atoms with E-state index in [1.165, 1.54) is 5.39 Å². The van der Waals surface area contributed by atoms with Gasteiger partial charge in [-0.3, -0.25) is 4.79 Å². The van der Waals surface area contributed by atoms with Gasteiger partial charge in [-0.15, -0.1) is 10.2 Å². The highest BCUT2D eigenvalue weighted by atomic mass is 16.1. The number of carbonyl (C=O) groups excluding carboxylic acids is 1. The van der Waals surface area contributed by atoms with Crippen LogP contribution in [0.15, 0.2) is 43.2 Å². The van der Waals surface area contributed by atoms with Gasteiger partial charge in [0.05, 0.1) is 0 Å². The zero-order chi connectivity index (χ0) is 17.1. The Balaban J connectivity index is 1.29. The topological polar surface area (TPSA) is 77.6 Å². The van der Waals surface area contributed by atoms with Crippen LogP contribution in [0.4, 0.5) is 0 Å². The molecule has 130 valence electrons. The van der Waals surface area contributed by atoms with Crippen molar-refractivity contribution in [3.8, 4) is 0 Å². The van der Waals surface area contributed by atoms with Gasteiger partial charge in [-0.25, -0.2) is 4.98 Å². The number of nitrogens with one attached hydrogen (secondary N) is 1. The van der Waals surface area contributed by atoms with Crippen molar-refractivity contribution >= 4 is 16.9 Å². The van der Waals surface area contributed by atoms with E-state index in [-0.39, 0.29) is 11.9 Å². The van der Waals surface area contributed by atoms with Gasteiger partial charge in [-0.05, 0) is 43.9 Å². The summed E-state index contributed by atoms with van der Waals surface area (Å²) in [6, 6.07) is 6.94. The molecule has 0 bridgehead atoms. The second-order valence-corrected chi connectivity index (χ2v) is 6.66. The third-order valence-electron chi connectivity index (χ3n) is 4.99. The summed E-state index contributed by atoms with van der Waals surface area (Å²) in [5.41, 5.74) is 1.06. The fourth-order valence-electron chi connectivity index (χ4n) is 3.65. The summed E-state index contributed by atoms with van der Waals surface area (Å²) in [7, 11) is 0. The molecule has 7 nitrogen and oxygen atoms in total. The molecule has 3 aromatic heterocycles. The van der Waals surface area contributed by atoms with Crippen LogP contribution in [0.2, 0.25) is 0 Å². The lowest BCUT2D eigenvalue weighted by Gasteiger charge is -2.30. The normalized spacial score (nSPS) is 20.6. The van der Waals surface area contributed by atoms with Crippen LogP contribution in [0, 0.1) is 0 Å². The first-order chi connectivity index (χ1) is 12.3. The van der Waals surface area contributed by atoms with Gasteiger partial charge in [0.25, 0.3) is 0 Å². The van der Waals surface area contributed by atoms with Gasteiger partial charge in [0, 0.05) is 42.8 Å². The lowest BCUT2D eigenvalue weighted by atomic mass is 9.91. The summed E-state index contributed by atoms with van der Waals surface area (Å²) < 4.78 is 4.11. The van der Waals surface area contributed by atoms with Gasteiger partial charge in [0.2, 0.25) is 5.91 Å². The number of hydrogen-bond acceptors (Lipinski definition) is 4. The van der Waals surface area contributed by atoms with Gasteiger partial charge in [-0.2, -0.15) is 0 Å². The third-order valence-corrected chi connectivity index (χ3v) is 4.99. The Kier molecular flexibility index (Phi) is 4.45. The van der Waals surface area contributed by atoms with Crippen molar-refractivity contribution in [1.82, 2.24) is 29.6 Å². The lowest BCUT2D eigenvalue weighted by molar-refractivity contribution is -0.122. The van der Waals surface area contributed by atoms with Gasteiger partial charge in [0.1, 0.15) is 18.3 Å². The summed E-state index contributed by atoms with van der Waals surface area (Å²) in [5, 5.41) is 11.8. The Morgan fingerprint density at radius 1 is 1.16 bits per heavy atom. The van der Waals surface area contributed by atoms with Gasteiger partial charge >= 0.3 is 0 Å². The Bertz CT molecular complexity index is 832. The van der Waals surface area contributed by atoms with E-state index in [0.29, 0.717) is 19.0 Å². The lowest BCUT2D eigenvalue weighted by Crippen LogP contribution is -2.38. The van der Waals surface area contributed by atoms with E-state index in [2.05, 4.69) is 43.4 Å². The minimum atomic E-state index is 0.102. The minimum Gasteiger partial charge on any atom is -0.353 e. The molecule has 0 saturated heterocycles. The van der Waals surface area contributed by atoms with E-state index >= 15 is 0 Å². The molecule has 25 heavy (non-hydrogen) atoms. The third kappa shape index (κ3) is 3.55. The van der Waals surface area contributed by atoms with E-state index in [1.807, 2.05) is 16.8 Å². The van der Waals surface area contributed by atoms with Crippen molar-refractivity contribution in [2.75, 3.05) is 0 Å². The molecule has 0 atom stereocenters. The highest BCUT2D eigenvalue weighted by Crippen LogP contribution is 2.31. The van der Waals surface area contributed by atoms with E-state index in [9.17, 15) is 4.79 Å². The molecule has 0 radical (unpaired) electrons. The molecule has 1 amide bonds. The molecule has 1 N–H and O–H groups in total. The molecule has 1 aliphatic rings. The molecule has 1 fully saturated rings. The van der Waals surface area contributed by atoms with Crippen molar-refractivity contribution < 1.29 is 4.79 Å². The van der Waals surface area contributed by atoms with Crippen LogP contribution in [0.25, 0.3) is 11.0 Å². The van der Waals surface area contributed by atoms with E-state index < -0.39 is 0 Å². The molecule has 7 heteroatoms. The Morgan fingerprint density at radius 3 is 2.76 bits per heavy atom. The largest absolute Gasteiger partial charge is 0.353 e. The number of fused-ring (bicyclic) bond motifs is 1. The van der Waals surface area contributed by atoms with Gasteiger partial charge in [-0.1, -0.05) is 0 Å². The number of pyridine rings is 1. The molecule has 0 aromatic carbocycles. The molecule has 1 aliphatic carbocycles. The first kappa shape index (κ1) is 15.8. The summed E-state index contributed by atoms with van der Waals surface area (Å²) in [6.07, 6.45) is 11.9. The van der Waals surface area contributed by atoms with E-state index in [0.717, 1.165) is 31.3 Å². The average molecular weight is 338 g/mol. The van der Waals surface area contributed by atoms with Crippen LogP contribution in [0.5, 0.6) is 0 Å². The fraction of sp³-hybridized carbons (Fsp3) is 0.444. The van der Waals surface area contributed by atoms with Crippen molar-refractivity contribution in [2.45, 2.75) is 50.7 Å². The summed E-state index contributed by atoms with van der Waals surface area (Å²) >= 11 is 0. The second-order valence-electron chi connectivity index (χ2n) is 6.66. The zero-order valence-electron chi connectivity index (χ0n) is 14.1. The SMILES string of the molecule is O=C(CCn1cnnc1)NC1CCC(n2ccc3cccnc32)CC1. The molecule has 0 spiro atoms. The average Bonchev–Trinajstić information content (AvgIpc) is 3.30. The quantitative estimate of drug-likeness (QED) is 0.774. The van der Waals surface area contributed by atoms with Crippen LogP contribution in [-0.4, -0.2) is 36.3 Å². The zero-order valence-corrected chi connectivity index (χ0v) is 14.1. The predicted molar refractivity (Wildman–Crippen MR) is 93.8 cm³/mol. The minimum absolute atomic E-state index is 0.102. The predicted octanol–water partition coefficient (Wildman–Crippen LogP) is 2.32. The monoisotopic (exact) mass is 338 g/mol. The number of amides is 1. The summed E-state index contributed by atoms with van der Waals surface area (Å²) in [5.74, 6) is 0.102. The Labute approximate surface area is 146 Å². The summed E-state index contributed by atoms with van der Waals surface area (Å²) in [4.78, 5) is 16.6. The Hall–Kier alpha value is -2.70. The molecule has 3 heterocycles. The molecular weight excluding hydrogens is 316 g/mol. The summed E-state index contributed by atoms with van der Waals surface area (Å²) in [6.45, 7) is 0.620. The maximum absolute atomic E-state index is 12.1. The van der Waals surface area contributed by atoms with Crippen LogP contribution in [0.3, 0.4) is 0 Å². The molecule has 1 saturated carbocycles. The maximum Gasteiger partial charge on any atom is 0.222 e. The smallest absolute Gasteiger partial charge is 0.222 e. The van der Waals surface area contributed by atoms with Crippen LogP contribution in [0.1, 0.15) is 38.1 Å². The van der Waals surface area contributed by atoms with Crippen LogP contribution >= 0.6 is 0 Å². The highest BCUT2D eigenvalue weighted by molar-refractivity contribution is 5.76. The second kappa shape index (κ2) is 7.04. The highest BCUT2D eigenvalue weighted by Gasteiger charge is 2.24. The number of aromatic nitrogens is 5. The van der Waals surface area contributed by atoms with Gasteiger partial charge < -0.3 is 14.5 Å². The molecule has 3 aromatic rings.